The first-order chi connectivity index (χ1) is 25.3. The van der Waals surface area contributed by atoms with Crippen molar-refractivity contribution < 1.29 is 49.7 Å². The van der Waals surface area contributed by atoms with E-state index in [1.165, 1.54) is 0 Å². The SMILES string of the molecule is CC[C@H]1[C@H]2[C@H](C)Oc3nc(-c4c(F)c(N)c(F)c(C)c4C(F)(F)F)c(F)c4nc(OC[C@@]56CCCN5C[C@H](F)C6)nc(c34)N2CCN1C(=O)OC(C)(C)C. The average Bonchev–Trinajstić information content (AvgIpc) is 3.58. The first kappa shape index (κ1) is 37.9. The van der Waals surface area contributed by atoms with E-state index in [9.17, 15) is 26.7 Å². The number of piperazine rings is 1. The molecule has 18 heteroatoms. The number of carbonyl (C=O) groups is 1. The summed E-state index contributed by atoms with van der Waals surface area (Å²) >= 11 is 0. The molecule has 54 heavy (non-hydrogen) atoms. The van der Waals surface area contributed by atoms with Crippen LogP contribution in [0.3, 0.4) is 0 Å². The molecule has 11 nitrogen and oxygen atoms in total. The van der Waals surface area contributed by atoms with Gasteiger partial charge in [-0.2, -0.15) is 23.1 Å². The Kier molecular flexibility index (Phi) is 9.24. The molecule has 0 saturated carbocycles. The highest BCUT2D eigenvalue weighted by atomic mass is 19.4. The minimum Gasteiger partial charge on any atom is -0.472 e. The zero-order valence-corrected chi connectivity index (χ0v) is 30.7. The third kappa shape index (κ3) is 6.17. The Morgan fingerprint density at radius 1 is 1.06 bits per heavy atom. The molecule has 0 radical (unpaired) electrons. The van der Waals surface area contributed by atoms with Gasteiger partial charge in [0, 0.05) is 26.1 Å². The Bertz CT molecular complexity index is 2010. The Balaban J connectivity index is 1.43. The normalized spacial score (nSPS) is 25.7. The number of nitrogen functional groups attached to an aromatic ring is 1. The maximum Gasteiger partial charge on any atom is 0.417 e. The molecule has 2 N–H and O–H groups in total. The summed E-state index contributed by atoms with van der Waals surface area (Å²) in [6.07, 6.45) is -5.89. The van der Waals surface area contributed by atoms with E-state index in [4.69, 9.17) is 24.9 Å². The first-order valence-electron chi connectivity index (χ1n) is 18.0. The number of hydrogen-bond donors (Lipinski definition) is 1. The summed E-state index contributed by atoms with van der Waals surface area (Å²) in [5.41, 5.74) is -3.20. The van der Waals surface area contributed by atoms with Gasteiger partial charge >= 0.3 is 18.3 Å². The summed E-state index contributed by atoms with van der Waals surface area (Å²) in [6.45, 7) is 10.6. The predicted octanol–water partition coefficient (Wildman–Crippen LogP) is 6.96. The van der Waals surface area contributed by atoms with Crippen LogP contribution in [0.15, 0.2) is 0 Å². The van der Waals surface area contributed by atoms with Crippen LogP contribution in [-0.2, 0) is 10.9 Å². The molecule has 4 aliphatic rings. The van der Waals surface area contributed by atoms with Crippen molar-refractivity contribution in [2.75, 3.05) is 43.4 Å². The van der Waals surface area contributed by atoms with Crippen molar-refractivity contribution in [2.24, 2.45) is 0 Å². The molecule has 6 heterocycles. The predicted molar refractivity (Wildman–Crippen MR) is 184 cm³/mol. The monoisotopic (exact) mass is 769 g/mol. The number of anilines is 2. The zero-order chi connectivity index (χ0) is 39.2. The maximum atomic E-state index is 17.0. The van der Waals surface area contributed by atoms with Crippen molar-refractivity contribution >= 4 is 28.5 Å². The number of halogens is 7. The molecule has 3 aromatic rings. The number of aromatic nitrogens is 3. The van der Waals surface area contributed by atoms with Gasteiger partial charge in [0.05, 0.1) is 28.7 Å². The highest BCUT2D eigenvalue weighted by molar-refractivity contribution is 5.98. The van der Waals surface area contributed by atoms with Gasteiger partial charge in [-0.15, -0.1) is 0 Å². The fourth-order valence-electron chi connectivity index (χ4n) is 8.68. The first-order valence-corrected chi connectivity index (χ1v) is 18.0. The molecule has 3 saturated heterocycles. The van der Waals surface area contributed by atoms with E-state index < -0.39 is 105 Å². The van der Waals surface area contributed by atoms with E-state index in [0.717, 1.165) is 13.3 Å². The number of alkyl halides is 4. The van der Waals surface area contributed by atoms with Gasteiger partial charge in [0.1, 0.15) is 52.6 Å². The van der Waals surface area contributed by atoms with E-state index in [1.54, 1.807) is 37.5 Å². The second-order valence-electron chi connectivity index (χ2n) is 15.6. The van der Waals surface area contributed by atoms with Crippen LogP contribution < -0.4 is 20.1 Å². The van der Waals surface area contributed by atoms with E-state index in [2.05, 4.69) is 9.97 Å². The Morgan fingerprint density at radius 3 is 2.44 bits per heavy atom. The summed E-state index contributed by atoms with van der Waals surface area (Å²) in [5, 5.41) is -0.135. The molecule has 7 rings (SSSR count). The highest BCUT2D eigenvalue weighted by Crippen LogP contribution is 2.48. The fourth-order valence-corrected chi connectivity index (χ4v) is 8.68. The molecule has 2 aromatic heterocycles. The second-order valence-corrected chi connectivity index (χ2v) is 15.6. The number of nitrogens with two attached hydrogens (primary N) is 1. The molecule has 1 aromatic carbocycles. The van der Waals surface area contributed by atoms with Crippen LogP contribution in [0.25, 0.3) is 22.2 Å². The van der Waals surface area contributed by atoms with E-state index in [-0.39, 0.29) is 49.9 Å². The quantitative estimate of drug-likeness (QED) is 0.216. The van der Waals surface area contributed by atoms with Gasteiger partial charge < -0.3 is 29.7 Å². The molecular formula is C36H42F7N7O4. The number of rotatable bonds is 5. The summed E-state index contributed by atoms with van der Waals surface area (Å²) in [4.78, 5) is 31.9. The second kappa shape index (κ2) is 13.2. The summed E-state index contributed by atoms with van der Waals surface area (Å²) in [5.74, 6) is -5.37. The van der Waals surface area contributed by atoms with Crippen LogP contribution >= 0.6 is 0 Å². The molecule has 5 atom stereocenters. The van der Waals surface area contributed by atoms with Gasteiger partial charge in [0.25, 0.3) is 0 Å². The Morgan fingerprint density at radius 2 is 1.78 bits per heavy atom. The standard InChI is InChI=1S/C36H42F7N7O4/c1-7-19-29-17(3)53-31-21-28(25(40)27(45-31)20-22(36(41,42)43)16(2)23(38)26(44)24(20)39)46-32(52-15-35-9-8-10-48(35)14-18(37)13-35)47-30(21)50(29)12-11-49(19)33(51)54-34(4,5)6/h17-19,29H,7-15,44H2,1-6H3/t17-,18+,19-,29+,35-/m0/s1. The van der Waals surface area contributed by atoms with Gasteiger partial charge in [-0.3, -0.25) is 4.90 Å². The third-order valence-corrected chi connectivity index (χ3v) is 10.9. The van der Waals surface area contributed by atoms with Gasteiger partial charge in [-0.1, -0.05) is 6.92 Å². The van der Waals surface area contributed by atoms with Crippen LogP contribution in [-0.4, -0.2) is 99.1 Å². The topological polar surface area (TPSA) is 119 Å². The Hall–Kier alpha value is -4.35. The van der Waals surface area contributed by atoms with Crippen LogP contribution in [0.1, 0.15) is 71.4 Å². The summed E-state index contributed by atoms with van der Waals surface area (Å²) in [6, 6.07) is -1.64. The molecule has 3 fully saturated rings. The molecule has 0 bridgehead atoms. The van der Waals surface area contributed by atoms with E-state index in [0.29, 0.717) is 19.4 Å². The number of nitrogens with zero attached hydrogens (tertiary/aromatic N) is 6. The van der Waals surface area contributed by atoms with E-state index in [1.807, 2.05) is 11.8 Å². The zero-order valence-electron chi connectivity index (χ0n) is 30.7. The molecule has 0 spiro atoms. The molecular weight excluding hydrogens is 727 g/mol. The number of fused-ring (bicyclic) bond motifs is 3. The van der Waals surface area contributed by atoms with Crippen LogP contribution in [0.4, 0.5) is 47.0 Å². The fraction of sp³-hybridized carbons (Fsp3) is 0.611. The van der Waals surface area contributed by atoms with Crippen LogP contribution in [0.5, 0.6) is 11.9 Å². The minimum absolute atomic E-state index is 0.0569. The number of amides is 1. The average molecular weight is 770 g/mol. The lowest BCUT2D eigenvalue weighted by Crippen LogP contribution is -2.65. The van der Waals surface area contributed by atoms with Crippen LogP contribution in [0.2, 0.25) is 0 Å². The van der Waals surface area contributed by atoms with Crippen molar-refractivity contribution in [3.05, 3.63) is 28.6 Å². The largest absolute Gasteiger partial charge is 0.472 e. The molecule has 0 aliphatic carbocycles. The van der Waals surface area contributed by atoms with Crippen molar-refractivity contribution in [3.8, 4) is 23.1 Å². The number of hydrogen-bond acceptors (Lipinski definition) is 10. The molecule has 1 amide bonds. The summed E-state index contributed by atoms with van der Waals surface area (Å²) < 4.78 is 124. The minimum atomic E-state index is -5.37. The molecule has 294 valence electrons. The van der Waals surface area contributed by atoms with Crippen LogP contribution in [0, 0.1) is 24.4 Å². The Labute approximate surface area is 306 Å². The molecule has 0 unspecified atom stereocenters. The smallest absolute Gasteiger partial charge is 0.417 e. The lowest BCUT2D eigenvalue weighted by molar-refractivity contribution is -0.137. The van der Waals surface area contributed by atoms with Gasteiger partial charge in [0.15, 0.2) is 17.5 Å². The number of carbonyl (C=O) groups excluding carboxylic acids is 1. The van der Waals surface area contributed by atoms with Gasteiger partial charge in [-0.25, -0.2) is 27.3 Å². The number of benzene rings is 1. The lowest BCUT2D eigenvalue weighted by Gasteiger charge is -2.48. The number of pyridine rings is 1. The number of ether oxygens (including phenoxy) is 3. The van der Waals surface area contributed by atoms with Gasteiger partial charge in [0.2, 0.25) is 5.88 Å². The summed E-state index contributed by atoms with van der Waals surface area (Å²) in [7, 11) is 0. The van der Waals surface area contributed by atoms with Crippen molar-refractivity contribution in [2.45, 2.75) is 109 Å². The highest BCUT2D eigenvalue weighted by Gasteiger charge is 2.51. The lowest BCUT2D eigenvalue weighted by atomic mass is 9.94. The van der Waals surface area contributed by atoms with Crippen molar-refractivity contribution in [1.82, 2.24) is 24.8 Å². The van der Waals surface area contributed by atoms with Crippen molar-refractivity contribution in [1.29, 1.82) is 0 Å². The molecule has 4 aliphatic heterocycles. The third-order valence-electron chi connectivity index (χ3n) is 10.9. The van der Waals surface area contributed by atoms with Gasteiger partial charge in [-0.05, 0) is 66.0 Å². The maximum absolute atomic E-state index is 17.0. The van der Waals surface area contributed by atoms with E-state index >= 15 is 8.78 Å². The van der Waals surface area contributed by atoms with Crippen molar-refractivity contribution in [3.63, 3.8) is 0 Å².